The monoisotopic (exact) mass is 320 g/mol. The van der Waals surface area contributed by atoms with Crippen molar-refractivity contribution in [1.82, 2.24) is 0 Å². The number of hydrogen-bond donors (Lipinski definition) is 1. The maximum absolute atomic E-state index is 11.3. The van der Waals surface area contributed by atoms with Gasteiger partial charge in [-0.15, -0.1) is 0 Å². The zero-order valence-electron chi connectivity index (χ0n) is 12.8. The molecule has 1 aliphatic rings. The molecule has 0 aliphatic carbocycles. The molecule has 0 radical (unpaired) electrons. The number of carbonyl (C=O) groups is 3. The molecule has 0 aromatic carbocycles. The van der Waals surface area contributed by atoms with Crippen molar-refractivity contribution in [3.05, 3.63) is 0 Å². The van der Waals surface area contributed by atoms with Gasteiger partial charge in [0.1, 0.15) is 6.10 Å². The van der Waals surface area contributed by atoms with Crippen molar-refractivity contribution >= 4 is 17.9 Å². The number of methoxy groups -OCH3 is 1. The van der Waals surface area contributed by atoms with E-state index in [4.69, 9.17) is 23.7 Å². The summed E-state index contributed by atoms with van der Waals surface area (Å²) in [6.07, 6.45) is -5.52. The molecule has 1 saturated heterocycles. The van der Waals surface area contributed by atoms with E-state index in [0.717, 1.165) is 20.8 Å². The summed E-state index contributed by atoms with van der Waals surface area (Å²) in [5.41, 5.74) is 0. The van der Waals surface area contributed by atoms with E-state index in [1.165, 1.54) is 7.11 Å². The van der Waals surface area contributed by atoms with Gasteiger partial charge >= 0.3 is 17.9 Å². The van der Waals surface area contributed by atoms with Crippen molar-refractivity contribution in [2.75, 3.05) is 13.7 Å². The fraction of sp³-hybridized carbons (Fsp3) is 0.769. The molecule has 1 heterocycles. The summed E-state index contributed by atoms with van der Waals surface area (Å²) in [7, 11) is 1.30. The largest absolute Gasteiger partial charge is 0.456 e. The molecule has 9 heteroatoms. The van der Waals surface area contributed by atoms with Crippen LogP contribution in [0.2, 0.25) is 0 Å². The third kappa shape index (κ3) is 4.65. The molecule has 126 valence electrons. The van der Waals surface area contributed by atoms with Crippen molar-refractivity contribution in [1.29, 1.82) is 0 Å². The second kappa shape index (κ2) is 8.06. The van der Waals surface area contributed by atoms with Gasteiger partial charge in [0.05, 0.1) is 6.61 Å². The standard InChI is InChI=1S/C13H20O9/c1-6(15)19-10-9(5-14)22-13(18-4)12(21-8(3)17)11(10)20-7(2)16/h9-14H,5H2,1-4H3/t9-,10+,11+,12-,13-/m1/s1. The van der Waals surface area contributed by atoms with Crippen LogP contribution in [0.25, 0.3) is 0 Å². The summed E-state index contributed by atoms with van der Waals surface area (Å²) in [6.45, 7) is 2.96. The van der Waals surface area contributed by atoms with Gasteiger partial charge in [0.15, 0.2) is 24.6 Å². The highest BCUT2D eigenvalue weighted by atomic mass is 16.7. The Labute approximate surface area is 127 Å². The highest BCUT2D eigenvalue weighted by molar-refractivity contribution is 5.68. The lowest BCUT2D eigenvalue weighted by atomic mass is 9.98. The summed E-state index contributed by atoms with van der Waals surface area (Å²) in [6, 6.07) is 0. The molecule has 1 aliphatic heterocycles. The maximum Gasteiger partial charge on any atom is 0.303 e. The van der Waals surface area contributed by atoms with E-state index in [-0.39, 0.29) is 0 Å². The highest BCUT2D eigenvalue weighted by Crippen LogP contribution is 2.28. The van der Waals surface area contributed by atoms with E-state index in [1.807, 2.05) is 0 Å². The lowest BCUT2D eigenvalue weighted by molar-refractivity contribution is -0.302. The van der Waals surface area contributed by atoms with Crippen molar-refractivity contribution in [2.45, 2.75) is 51.5 Å². The van der Waals surface area contributed by atoms with E-state index < -0.39 is 55.2 Å². The summed E-state index contributed by atoms with van der Waals surface area (Å²) in [5.74, 6) is -1.99. The van der Waals surface area contributed by atoms with Crippen LogP contribution in [-0.2, 0) is 38.1 Å². The molecule has 1 fully saturated rings. The van der Waals surface area contributed by atoms with Gasteiger partial charge in [-0.05, 0) is 0 Å². The van der Waals surface area contributed by atoms with Crippen LogP contribution in [0.4, 0.5) is 0 Å². The minimum absolute atomic E-state index is 0.512. The Morgan fingerprint density at radius 1 is 0.909 bits per heavy atom. The van der Waals surface area contributed by atoms with Gasteiger partial charge < -0.3 is 28.8 Å². The van der Waals surface area contributed by atoms with Gasteiger partial charge in [0.2, 0.25) is 0 Å². The van der Waals surface area contributed by atoms with Gasteiger partial charge in [-0.1, -0.05) is 0 Å². The Hall–Kier alpha value is -1.71. The Morgan fingerprint density at radius 3 is 1.77 bits per heavy atom. The number of hydrogen-bond acceptors (Lipinski definition) is 9. The Bertz CT molecular complexity index is 392. The number of ether oxygens (including phenoxy) is 5. The van der Waals surface area contributed by atoms with Crippen LogP contribution in [0.15, 0.2) is 0 Å². The minimum Gasteiger partial charge on any atom is -0.456 e. The molecular weight excluding hydrogens is 300 g/mol. The first-order valence-electron chi connectivity index (χ1n) is 6.61. The average Bonchev–Trinajstić information content (AvgIpc) is 2.41. The number of aliphatic hydroxyl groups excluding tert-OH is 1. The van der Waals surface area contributed by atoms with Crippen LogP contribution < -0.4 is 0 Å². The number of carbonyl (C=O) groups excluding carboxylic acids is 3. The van der Waals surface area contributed by atoms with Gasteiger partial charge in [-0.25, -0.2) is 0 Å². The summed E-state index contributed by atoms with van der Waals surface area (Å²) < 4.78 is 25.7. The first kappa shape index (κ1) is 18.3. The second-order valence-corrected chi connectivity index (χ2v) is 4.68. The van der Waals surface area contributed by atoms with E-state index in [2.05, 4.69) is 0 Å². The van der Waals surface area contributed by atoms with Gasteiger partial charge in [0, 0.05) is 27.9 Å². The predicted octanol–water partition coefficient (Wildman–Crippen LogP) is -0.855. The number of esters is 3. The smallest absolute Gasteiger partial charge is 0.303 e. The zero-order chi connectivity index (χ0) is 16.9. The first-order chi connectivity index (χ1) is 10.3. The fourth-order valence-corrected chi connectivity index (χ4v) is 2.19. The topological polar surface area (TPSA) is 118 Å². The highest BCUT2D eigenvalue weighted by Gasteiger charge is 2.51. The molecule has 22 heavy (non-hydrogen) atoms. The SMILES string of the molecule is CO[C@@H]1O[C@H](CO)[C@H](OC(C)=O)[C@H](OC(C)=O)[C@H]1OC(C)=O. The summed E-state index contributed by atoms with van der Waals surface area (Å²) in [5, 5.41) is 9.39. The average molecular weight is 320 g/mol. The summed E-state index contributed by atoms with van der Waals surface area (Å²) in [4.78, 5) is 33.8. The molecule has 1 N–H and O–H groups in total. The summed E-state index contributed by atoms with van der Waals surface area (Å²) >= 11 is 0. The second-order valence-electron chi connectivity index (χ2n) is 4.68. The maximum atomic E-state index is 11.3. The molecule has 0 spiro atoms. The molecule has 0 amide bonds. The van der Waals surface area contributed by atoms with Crippen LogP contribution in [0.1, 0.15) is 20.8 Å². The molecule has 9 nitrogen and oxygen atoms in total. The molecule has 0 aromatic heterocycles. The molecule has 0 aromatic rings. The number of rotatable bonds is 5. The molecule has 0 bridgehead atoms. The van der Waals surface area contributed by atoms with E-state index in [9.17, 15) is 19.5 Å². The van der Waals surface area contributed by atoms with Crippen LogP contribution in [0.3, 0.4) is 0 Å². The van der Waals surface area contributed by atoms with E-state index in [0.29, 0.717) is 0 Å². The Balaban J connectivity index is 3.14. The Kier molecular flexibility index (Phi) is 6.72. The van der Waals surface area contributed by atoms with Crippen LogP contribution >= 0.6 is 0 Å². The number of aliphatic hydroxyl groups is 1. The quantitative estimate of drug-likeness (QED) is 0.510. The first-order valence-corrected chi connectivity index (χ1v) is 6.61. The van der Waals surface area contributed by atoms with Crippen LogP contribution in [0.5, 0.6) is 0 Å². The van der Waals surface area contributed by atoms with Crippen LogP contribution in [-0.4, -0.2) is 67.4 Å². The van der Waals surface area contributed by atoms with Crippen molar-refractivity contribution < 1.29 is 43.2 Å². The van der Waals surface area contributed by atoms with Gasteiger partial charge in [-0.3, -0.25) is 14.4 Å². The minimum atomic E-state index is -1.17. The van der Waals surface area contributed by atoms with Crippen molar-refractivity contribution in [3.63, 3.8) is 0 Å². The predicted molar refractivity (Wildman–Crippen MR) is 69.4 cm³/mol. The van der Waals surface area contributed by atoms with E-state index >= 15 is 0 Å². The zero-order valence-corrected chi connectivity index (χ0v) is 12.8. The normalized spacial score (nSPS) is 31.2. The van der Waals surface area contributed by atoms with Crippen molar-refractivity contribution in [2.24, 2.45) is 0 Å². The molecule has 0 saturated carbocycles. The fourth-order valence-electron chi connectivity index (χ4n) is 2.19. The van der Waals surface area contributed by atoms with Gasteiger partial charge in [0.25, 0.3) is 0 Å². The molecule has 1 rings (SSSR count). The third-order valence-corrected chi connectivity index (χ3v) is 2.91. The van der Waals surface area contributed by atoms with Crippen LogP contribution in [0, 0.1) is 0 Å². The van der Waals surface area contributed by atoms with Crippen molar-refractivity contribution in [3.8, 4) is 0 Å². The molecule has 5 atom stereocenters. The molecular formula is C13H20O9. The van der Waals surface area contributed by atoms with Gasteiger partial charge in [-0.2, -0.15) is 0 Å². The van der Waals surface area contributed by atoms with E-state index in [1.54, 1.807) is 0 Å². The lowest BCUT2D eigenvalue weighted by Crippen LogP contribution is -2.62. The Morgan fingerprint density at radius 2 is 1.36 bits per heavy atom. The molecule has 0 unspecified atom stereocenters. The third-order valence-electron chi connectivity index (χ3n) is 2.91. The lowest BCUT2D eigenvalue weighted by Gasteiger charge is -2.43.